The summed E-state index contributed by atoms with van der Waals surface area (Å²) in [6.45, 7) is 31.7. The molecule has 0 aromatic carbocycles. The Balaban J connectivity index is 0.000000170. The summed E-state index contributed by atoms with van der Waals surface area (Å²) in [6, 6.07) is 0. The summed E-state index contributed by atoms with van der Waals surface area (Å²) in [5, 5.41) is 41.8. The molecule has 0 heterocycles. The molecule has 380 valence electrons. The Kier molecular flexibility index (Phi) is 11.3. The Morgan fingerprint density at radius 3 is 1.10 bits per heavy atom. The minimum atomic E-state index is -0.711. The van der Waals surface area contributed by atoms with Gasteiger partial charge in [-0.2, -0.15) is 0 Å². The van der Waals surface area contributed by atoms with E-state index < -0.39 is 22.8 Å². The van der Waals surface area contributed by atoms with Crippen molar-refractivity contribution in [2.24, 2.45) is 100 Å². The summed E-state index contributed by atoms with van der Waals surface area (Å²) in [7, 11) is 0. The molecule has 0 aromatic heterocycles. The van der Waals surface area contributed by atoms with E-state index in [1.165, 1.54) is 11.1 Å². The summed E-state index contributed by atoms with van der Waals surface area (Å²) >= 11 is 0. The second kappa shape index (κ2) is 15.1. The fourth-order valence-corrected chi connectivity index (χ4v) is 20.7. The van der Waals surface area contributed by atoms with Gasteiger partial charge in [0.15, 0.2) is 11.6 Å². The van der Waals surface area contributed by atoms with Gasteiger partial charge in [0, 0.05) is 11.8 Å². The van der Waals surface area contributed by atoms with Crippen molar-refractivity contribution < 1.29 is 39.6 Å². The zero-order chi connectivity index (χ0) is 50.2. The molecule has 0 aromatic rings. The van der Waals surface area contributed by atoms with E-state index in [-0.39, 0.29) is 102 Å². The number of aliphatic carboxylic acids is 2. The second-order valence-electron chi connectivity index (χ2n) is 29.9. The normalized spacial score (nSPS) is 54.1. The second-order valence-corrected chi connectivity index (χ2v) is 29.9. The lowest BCUT2D eigenvalue weighted by atomic mass is 9.33. The van der Waals surface area contributed by atoms with Gasteiger partial charge in [0.2, 0.25) is 0 Å². The quantitative estimate of drug-likeness (QED) is 0.214. The molecule has 8 fully saturated rings. The fraction of sp³-hybridized carbons (Fsp3) is 0.867. The number of ketones is 2. The molecule has 0 aliphatic heterocycles. The van der Waals surface area contributed by atoms with Crippen LogP contribution in [0.1, 0.15) is 213 Å². The first-order valence-electron chi connectivity index (χ1n) is 27.5. The highest BCUT2D eigenvalue weighted by molar-refractivity contribution is 5.96. The van der Waals surface area contributed by atoms with Crippen molar-refractivity contribution in [1.29, 1.82) is 0 Å². The molecule has 0 radical (unpaired) electrons. The lowest BCUT2D eigenvalue weighted by Crippen LogP contribution is -2.66. The molecule has 4 N–H and O–H groups in total. The first-order chi connectivity index (χ1) is 31.1. The van der Waals surface area contributed by atoms with Gasteiger partial charge in [-0.05, 0) is 219 Å². The zero-order valence-corrected chi connectivity index (χ0v) is 44.9. The Hall–Kier alpha value is -2.32. The number of fused-ring (bicyclic) bond motifs is 14. The van der Waals surface area contributed by atoms with Gasteiger partial charge in [0.25, 0.3) is 0 Å². The van der Waals surface area contributed by atoms with Crippen LogP contribution in [0.15, 0.2) is 23.3 Å². The van der Waals surface area contributed by atoms with Crippen LogP contribution in [0.5, 0.6) is 0 Å². The van der Waals surface area contributed by atoms with Crippen LogP contribution in [-0.4, -0.2) is 56.1 Å². The van der Waals surface area contributed by atoms with Gasteiger partial charge >= 0.3 is 11.9 Å². The van der Waals surface area contributed by atoms with Crippen LogP contribution in [0.2, 0.25) is 0 Å². The number of rotatable bonds is 2. The molecule has 0 amide bonds. The maximum absolute atomic E-state index is 14.2. The highest BCUT2D eigenvalue weighted by atomic mass is 16.4. The summed E-state index contributed by atoms with van der Waals surface area (Å²) in [6.07, 6.45) is 19.9. The molecule has 8 saturated carbocycles. The van der Waals surface area contributed by atoms with Crippen molar-refractivity contribution in [3.8, 4) is 0 Å². The van der Waals surface area contributed by atoms with Gasteiger partial charge in [-0.15, -0.1) is 0 Å². The third-order valence-electron chi connectivity index (χ3n) is 26.1. The van der Waals surface area contributed by atoms with Crippen LogP contribution in [0.25, 0.3) is 0 Å². The summed E-state index contributed by atoms with van der Waals surface area (Å²) in [5.41, 5.74) is 0.283. The zero-order valence-electron chi connectivity index (χ0n) is 44.9. The number of carboxylic acids is 2. The number of hydrogen-bond donors (Lipinski definition) is 4. The van der Waals surface area contributed by atoms with Crippen LogP contribution >= 0.6 is 0 Å². The Morgan fingerprint density at radius 1 is 0.456 bits per heavy atom. The minimum absolute atomic E-state index is 0.0296. The smallest absolute Gasteiger partial charge is 0.309 e. The van der Waals surface area contributed by atoms with E-state index in [4.69, 9.17) is 0 Å². The van der Waals surface area contributed by atoms with Crippen LogP contribution in [0.4, 0.5) is 0 Å². The molecule has 18 atom stereocenters. The highest BCUT2D eigenvalue weighted by Gasteiger charge is 2.72. The largest absolute Gasteiger partial charge is 0.481 e. The third kappa shape index (κ3) is 6.40. The summed E-state index contributed by atoms with van der Waals surface area (Å²) < 4.78 is 0. The van der Waals surface area contributed by atoms with Crippen LogP contribution in [-0.2, 0) is 19.2 Å². The van der Waals surface area contributed by atoms with Gasteiger partial charge in [0.05, 0.1) is 23.0 Å². The van der Waals surface area contributed by atoms with Gasteiger partial charge in [-0.3, -0.25) is 19.2 Å². The van der Waals surface area contributed by atoms with Crippen LogP contribution in [0, 0.1) is 100 Å². The third-order valence-corrected chi connectivity index (χ3v) is 26.1. The minimum Gasteiger partial charge on any atom is -0.481 e. The van der Waals surface area contributed by atoms with E-state index in [9.17, 15) is 39.6 Å². The molecular formula is C60H92O8. The predicted octanol–water partition coefficient (Wildman–Crippen LogP) is 12.8. The first-order valence-corrected chi connectivity index (χ1v) is 27.5. The lowest BCUT2D eigenvalue weighted by molar-refractivity contribution is -0.202. The Labute approximate surface area is 410 Å². The van der Waals surface area contributed by atoms with Gasteiger partial charge in [0.1, 0.15) is 0 Å². The van der Waals surface area contributed by atoms with Gasteiger partial charge < -0.3 is 20.4 Å². The number of carboxylic acid groups (broad SMARTS) is 2. The molecule has 10 rings (SSSR count). The molecule has 8 heteroatoms. The van der Waals surface area contributed by atoms with Crippen molar-refractivity contribution in [2.45, 2.75) is 225 Å². The van der Waals surface area contributed by atoms with Crippen molar-refractivity contribution in [3.05, 3.63) is 23.3 Å². The SMILES string of the molecule is CC1(C)[C@@H](O)CC[C@]2(C)[C@H]3C(=O)C=C4[C@@H]5C[C@@](C)(C(=O)O)CC[C@]5(C)CC[C@@]4(C)[C@]3(C)CC[C@@H]12.CC1(C)[C@@H](O)CC[C@]2(C)[C@H]3C(=O)C=C4[C@@H]5C[C@@](C)(C(=O)O)CC[C@]5(C)CC[C@@]4(C)[C@]3(C)CC[C@@H]12. The van der Waals surface area contributed by atoms with E-state index in [1.54, 1.807) is 0 Å². The number of aliphatic hydroxyl groups excluding tert-OH is 2. The standard InChI is InChI=1S/2C30H46O4/c2*1-25(2)21-8-11-30(7)23(28(21,5)10-9-22(25)32)20(31)16-18-19-17-27(4,24(33)34)13-12-26(19,3)14-15-29(18,30)6/h2*16,19,21-23,32H,8-15,17H2,1-7H3,(H,33,34)/t2*19-,21-,22-,23+,26+,27-,28-,29+,30+/m00/s1. The predicted molar refractivity (Wildman–Crippen MR) is 266 cm³/mol. The molecule has 10 aliphatic rings. The number of carbonyl (C=O) groups excluding carboxylic acids is 2. The summed E-state index contributed by atoms with van der Waals surface area (Å²) in [5.74, 6) is 0.121. The van der Waals surface area contributed by atoms with Crippen molar-refractivity contribution in [1.82, 2.24) is 0 Å². The Morgan fingerprint density at radius 2 is 0.779 bits per heavy atom. The van der Waals surface area contributed by atoms with Gasteiger partial charge in [-0.25, -0.2) is 0 Å². The maximum atomic E-state index is 14.2. The van der Waals surface area contributed by atoms with Crippen LogP contribution < -0.4 is 0 Å². The number of allylic oxidation sites excluding steroid dienone is 4. The van der Waals surface area contributed by atoms with E-state index in [1.807, 2.05) is 26.0 Å². The van der Waals surface area contributed by atoms with Crippen molar-refractivity contribution in [2.75, 3.05) is 0 Å². The van der Waals surface area contributed by atoms with E-state index in [2.05, 4.69) is 83.1 Å². The molecule has 8 nitrogen and oxygen atoms in total. The molecule has 0 saturated heterocycles. The number of carbonyl (C=O) groups is 4. The molecule has 10 aliphatic carbocycles. The average Bonchev–Trinajstić information content (AvgIpc) is 3.24. The topological polar surface area (TPSA) is 149 Å². The molecular weight excluding hydrogens is 849 g/mol. The van der Waals surface area contributed by atoms with Gasteiger partial charge in [-0.1, -0.05) is 94.2 Å². The van der Waals surface area contributed by atoms with Crippen LogP contribution in [0.3, 0.4) is 0 Å². The molecule has 68 heavy (non-hydrogen) atoms. The maximum Gasteiger partial charge on any atom is 0.309 e. The molecule has 0 bridgehead atoms. The van der Waals surface area contributed by atoms with E-state index >= 15 is 0 Å². The number of hydrogen-bond acceptors (Lipinski definition) is 6. The first kappa shape index (κ1) is 50.6. The number of aliphatic hydroxyl groups is 2. The fourth-order valence-electron chi connectivity index (χ4n) is 20.7. The van der Waals surface area contributed by atoms with E-state index in [0.717, 1.165) is 103 Å². The van der Waals surface area contributed by atoms with Crippen molar-refractivity contribution in [3.63, 3.8) is 0 Å². The summed E-state index contributed by atoms with van der Waals surface area (Å²) in [4.78, 5) is 52.9. The molecule has 0 spiro atoms. The Bertz CT molecular complexity index is 2080. The highest BCUT2D eigenvalue weighted by Crippen LogP contribution is 2.77. The molecule has 0 unspecified atom stereocenters. The van der Waals surface area contributed by atoms with E-state index in [0.29, 0.717) is 24.7 Å². The lowest BCUT2D eigenvalue weighted by Gasteiger charge is -2.70. The average molecular weight is 941 g/mol. The van der Waals surface area contributed by atoms with Crippen molar-refractivity contribution >= 4 is 23.5 Å². The monoisotopic (exact) mass is 941 g/mol.